The van der Waals surface area contributed by atoms with Crippen LogP contribution in [-0.2, 0) is 0 Å². The number of aliphatic hydroxyl groups is 1. The summed E-state index contributed by atoms with van der Waals surface area (Å²) in [7, 11) is 0. The molecule has 1 N–H and O–H groups in total. The molecule has 5 saturated carbocycles. The highest BCUT2D eigenvalue weighted by Gasteiger charge is 2.87. The molecule has 9 unspecified atom stereocenters. The van der Waals surface area contributed by atoms with Gasteiger partial charge in [0.1, 0.15) is 0 Å². The van der Waals surface area contributed by atoms with Crippen molar-refractivity contribution >= 4 is 0 Å². The van der Waals surface area contributed by atoms with Gasteiger partial charge in [0.25, 0.3) is 0 Å². The Labute approximate surface area is 65.8 Å². The van der Waals surface area contributed by atoms with Gasteiger partial charge in [-0.3, -0.25) is 0 Å². The van der Waals surface area contributed by atoms with Gasteiger partial charge in [-0.05, 0) is 53.8 Å². The molecule has 0 radical (unpaired) electrons. The quantitative estimate of drug-likeness (QED) is 0.537. The summed E-state index contributed by atoms with van der Waals surface area (Å²) in [6.07, 6.45) is 1.56. The zero-order chi connectivity index (χ0) is 6.90. The fourth-order valence-electron chi connectivity index (χ4n) is 5.99. The molecule has 5 aliphatic carbocycles. The molecule has 5 rings (SSSR count). The summed E-state index contributed by atoms with van der Waals surface area (Å²) in [5.41, 5.74) is 0. The number of hydrogen-bond donors (Lipinski definition) is 1. The van der Waals surface area contributed by atoms with E-state index in [1.807, 2.05) is 0 Å². The van der Waals surface area contributed by atoms with Gasteiger partial charge in [-0.1, -0.05) is 0 Å². The van der Waals surface area contributed by atoms with Crippen LogP contribution in [-0.4, -0.2) is 11.2 Å². The third-order valence-electron chi connectivity index (χ3n) is 5.97. The third kappa shape index (κ3) is 0.234. The molecule has 1 nitrogen and oxygen atoms in total. The molecule has 0 heterocycles. The minimum absolute atomic E-state index is 0.148. The molecule has 0 aromatic rings. The van der Waals surface area contributed by atoms with E-state index in [0.29, 0.717) is 0 Å². The lowest BCUT2D eigenvalue weighted by atomic mass is 9.29. The summed E-state index contributed by atoms with van der Waals surface area (Å²) in [5.74, 6) is 8.02. The van der Waals surface area contributed by atoms with E-state index in [0.717, 1.165) is 47.3 Å². The summed E-state index contributed by atoms with van der Waals surface area (Å²) >= 11 is 0. The van der Waals surface area contributed by atoms with Gasteiger partial charge in [-0.2, -0.15) is 0 Å². The van der Waals surface area contributed by atoms with Crippen LogP contribution in [0, 0.1) is 47.3 Å². The van der Waals surface area contributed by atoms with E-state index in [2.05, 4.69) is 0 Å². The second-order valence-corrected chi connectivity index (χ2v) is 5.52. The molecular formula is C10H12O. The van der Waals surface area contributed by atoms with Gasteiger partial charge < -0.3 is 5.11 Å². The number of aliphatic hydroxyl groups excluding tert-OH is 1. The molecule has 1 heteroatoms. The Hall–Kier alpha value is -0.0400. The molecule has 0 aromatic heterocycles. The molecule has 9 atom stereocenters. The van der Waals surface area contributed by atoms with E-state index in [1.165, 1.54) is 6.42 Å². The zero-order valence-electron chi connectivity index (χ0n) is 6.35. The monoisotopic (exact) mass is 148 g/mol. The molecule has 0 saturated heterocycles. The van der Waals surface area contributed by atoms with Crippen LogP contribution in [0.2, 0.25) is 0 Å². The van der Waals surface area contributed by atoms with E-state index in [-0.39, 0.29) is 6.10 Å². The number of hydrogen-bond acceptors (Lipinski definition) is 1. The van der Waals surface area contributed by atoms with Crippen molar-refractivity contribution < 1.29 is 5.11 Å². The van der Waals surface area contributed by atoms with Gasteiger partial charge in [0, 0.05) is 0 Å². The smallest absolute Gasteiger partial charge is 0.0605 e. The van der Waals surface area contributed by atoms with Crippen LogP contribution in [0.4, 0.5) is 0 Å². The van der Waals surface area contributed by atoms with Gasteiger partial charge >= 0.3 is 0 Å². The Morgan fingerprint density at radius 3 is 2.18 bits per heavy atom. The maximum absolute atomic E-state index is 9.92. The summed E-state index contributed by atoms with van der Waals surface area (Å²) < 4.78 is 0. The maximum atomic E-state index is 9.92. The lowest BCUT2D eigenvalue weighted by molar-refractivity contribution is -0.300. The first kappa shape index (κ1) is 4.86. The van der Waals surface area contributed by atoms with Crippen molar-refractivity contribution in [3.05, 3.63) is 0 Å². The highest BCUT2D eigenvalue weighted by molar-refractivity contribution is 5.34. The third-order valence-corrected chi connectivity index (χ3v) is 5.97. The van der Waals surface area contributed by atoms with E-state index in [4.69, 9.17) is 0 Å². The first-order valence-electron chi connectivity index (χ1n) is 5.07. The average Bonchev–Trinajstić information content (AvgIpc) is 2.26. The molecule has 5 fully saturated rings. The number of rotatable bonds is 0. The van der Waals surface area contributed by atoms with Gasteiger partial charge in [-0.15, -0.1) is 0 Å². The number of fused-ring (bicyclic) bond motifs is 2. The van der Waals surface area contributed by atoms with Crippen molar-refractivity contribution in [1.82, 2.24) is 0 Å². The molecular weight excluding hydrogens is 136 g/mol. The normalized spacial score (nSPS) is 90.8. The van der Waals surface area contributed by atoms with Gasteiger partial charge in [0.2, 0.25) is 0 Å². The highest BCUT2D eigenvalue weighted by Crippen LogP contribution is 2.89. The second-order valence-electron chi connectivity index (χ2n) is 5.52. The molecule has 5 aliphatic rings. The van der Waals surface area contributed by atoms with Crippen LogP contribution < -0.4 is 0 Å². The molecule has 58 valence electrons. The summed E-state index contributed by atoms with van der Waals surface area (Å²) in [5, 5.41) is 9.92. The SMILES string of the molecule is OC1C2CC3C4C1C1C2C3C41. The molecule has 0 amide bonds. The van der Waals surface area contributed by atoms with Crippen LogP contribution >= 0.6 is 0 Å². The predicted octanol–water partition coefficient (Wildman–Crippen LogP) is 0.735. The van der Waals surface area contributed by atoms with Crippen LogP contribution in [0.25, 0.3) is 0 Å². The summed E-state index contributed by atoms with van der Waals surface area (Å²) in [4.78, 5) is 0. The Morgan fingerprint density at radius 1 is 0.727 bits per heavy atom. The maximum Gasteiger partial charge on any atom is 0.0605 e. The minimum Gasteiger partial charge on any atom is -0.393 e. The molecule has 11 heavy (non-hydrogen) atoms. The fraction of sp³-hybridized carbons (Fsp3) is 1.00. The van der Waals surface area contributed by atoms with E-state index in [9.17, 15) is 5.11 Å². The van der Waals surface area contributed by atoms with Crippen LogP contribution in [0.15, 0.2) is 0 Å². The van der Waals surface area contributed by atoms with Crippen LogP contribution in [0.3, 0.4) is 0 Å². The largest absolute Gasteiger partial charge is 0.393 e. The standard InChI is InChI=1S/C10H12O/c11-10-3-1-2-4-6(3)8-7(4)5(2)9(8)10/h2-11H,1H2. The molecule has 0 bridgehead atoms. The average molecular weight is 148 g/mol. The summed E-state index contributed by atoms with van der Waals surface area (Å²) in [6.45, 7) is 0. The lowest BCUT2D eigenvalue weighted by Crippen LogP contribution is -2.73. The first-order chi connectivity index (χ1) is 5.39. The fourth-order valence-corrected chi connectivity index (χ4v) is 5.99. The van der Waals surface area contributed by atoms with Crippen molar-refractivity contribution in [2.24, 2.45) is 47.3 Å². The molecule has 0 spiro atoms. The molecule has 0 aromatic carbocycles. The topological polar surface area (TPSA) is 20.2 Å². The highest BCUT2D eigenvalue weighted by atomic mass is 16.3. The Balaban J connectivity index is 1.84. The van der Waals surface area contributed by atoms with Crippen molar-refractivity contribution in [3.8, 4) is 0 Å². The first-order valence-corrected chi connectivity index (χ1v) is 5.07. The van der Waals surface area contributed by atoms with Crippen LogP contribution in [0.1, 0.15) is 6.42 Å². The predicted molar refractivity (Wildman–Crippen MR) is 38.5 cm³/mol. The van der Waals surface area contributed by atoms with Crippen molar-refractivity contribution in [1.29, 1.82) is 0 Å². The van der Waals surface area contributed by atoms with Gasteiger partial charge in [0.05, 0.1) is 6.10 Å². The van der Waals surface area contributed by atoms with Gasteiger partial charge in [0.15, 0.2) is 0 Å². The Bertz CT molecular complexity index is 257. The van der Waals surface area contributed by atoms with Gasteiger partial charge in [-0.25, -0.2) is 0 Å². The van der Waals surface area contributed by atoms with E-state index in [1.54, 1.807) is 0 Å². The Morgan fingerprint density at radius 2 is 1.36 bits per heavy atom. The van der Waals surface area contributed by atoms with Crippen molar-refractivity contribution in [3.63, 3.8) is 0 Å². The van der Waals surface area contributed by atoms with E-state index < -0.39 is 0 Å². The van der Waals surface area contributed by atoms with E-state index >= 15 is 0 Å². The van der Waals surface area contributed by atoms with Crippen molar-refractivity contribution in [2.45, 2.75) is 12.5 Å². The Kier molecular flexibility index (Phi) is 0.452. The lowest BCUT2D eigenvalue weighted by Gasteiger charge is -2.76. The van der Waals surface area contributed by atoms with Crippen molar-refractivity contribution in [2.75, 3.05) is 0 Å². The zero-order valence-corrected chi connectivity index (χ0v) is 6.35. The molecule has 0 aliphatic heterocycles. The minimum atomic E-state index is 0.148. The second kappa shape index (κ2) is 1.02. The summed E-state index contributed by atoms with van der Waals surface area (Å²) in [6, 6.07) is 0. The van der Waals surface area contributed by atoms with Crippen LogP contribution in [0.5, 0.6) is 0 Å².